The van der Waals surface area contributed by atoms with Gasteiger partial charge in [-0.1, -0.05) is 69.6 Å². The van der Waals surface area contributed by atoms with Crippen molar-refractivity contribution in [2.24, 2.45) is 10.2 Å². The first-order valence-corrected chi connectivity index (χ1v) is 11.9. The standard InChI is InChI=1S/C24H19BrClN3O2S/c1-2-13-29-23(30)22(14-16-7-9-17(25)10-8-16)32-24(29)28-27-15-18-11-12-21(31-18)19-5-3-4-6-20(19)26/h2-12,15,22H,1,13-14H2/b27-15-,28-24-/t22-/m0/s1. The lowest BCUT2D eigenvalue weighted by atomic mass is 10.1. The fourth-order valence-electron chi connectivity index (χ4n) is 3.21. The summed E-state index contributed by atoms with van der Waals surface area (Å²) in [6.45, 7) is 4.13. The van der Waals surface area contributed by atoms with Crippen LogP contribution in [0.4, 0.5) is 0 Å². The molecular weight excluding hydrogens is 510 g/mol. The summed E-state index contributed by atoms with van der Waals surface area (Å²) < 4.78 is 6.82. The first-order chi connectivity index (χ1) is 15.5. The lowest BCUT2D eigenvalue weighted by Gasteiger charge is -2.12. The summed E-state index contributed by atoms with van der Waals surface area (Å²) in [5.41, 5.74) is 1.90. The van der Waals surface area contributed by atoms with Gasteiger partial charge in [-0.25, -0.2) is 0 Å². The van der Waals surface area contributed by atoms with E-state index in [1.165, 1.54) is 18.0 Å². The van der Waals surface area contributed by atoms with Crippen LogP contribution in [-0.2, 0) is 11.2 Å². The van der Waals surface area contributed by atoms with Crippen LogP contribution in [-0.4, -0.2) is 34.0 Å². The average molecular weight is 529 g/mol. The molecule has 8 heteroatoms. The second-order valence-corrected chi connectivity index (χ2v) is 9.48. The maximum absolute atomic E-state index is 12.9. The number of amidine groups is 1. The molecule has 2 aromatic carbocycles. The minimum atomic E-state index is -0.250. The number of benzene rings is 2. The predicted octanol–water partition coefficient (Wildman–Crippen LogP) is 6.43. The highest BCUT2D eigenvalue weighted by molar-refractivity contribution is 9.10. The number of furan rings is 1. The lowest BCUT2D eigenvalue weighted by molar-refractivity contribution is -0.125. The van der Waals surface area contributed by atoms with Gasteiger partial charge in [0.2, 0.25) is 5.91 Å². The van der Waals surface area contributed by atoms with E-state index >= 15 is 0 Å². The Balaban J connectivity index is 1.49. The number of hydrogen-bond donors (Lipinski definition) is 0. The van der Waals surface area contributed by atoms with Gasteiger partial charge in [-0.05, 0) is 48.4 Å². The van der Waals surface area contributed by atoms with E-state index in [2.05, 4.69) is 32.7 Å². The van der Waals surface area contributed by atoms with Crippen LogP contribution in [0.5, 0.6) is 0 Å². The number of hydrogen-bond acceptors (Lipinski definition) is 5. The molecule has 1 amide bonds. The number of halogens is 2. The molecule has 1 aliphatic rings. The number of carbonyl (C=O) groups is 1. The summed E-state index contributed by atoms with van der Waals surface area (Å²) in [6.07, 6.45) is 3.82. The number of rotatable bonds is 7. The third-order valence-corrected chi connectivity index (χ3v) is 6.78. The van der Waals surface area contributed by atoms with E-state index in [-0.39, 0.29) is 11.2 Å². The van der Waals surface area contributed by atoms with Gasteiger partial charge in [0.05, 0.1) is 16.5 Å². The number of thioether (sulfide) groups is 1. The topological polar surface area (TPSA) is 58.2 Å². The van der Waals surface area contributed by atoms with Gasteiger partial charge in [0.15, 0.2) is 5.17 Å². The molecule has 1 aromatic heterocycles. The summed E-state index contributed by atoms with van der Waals surface area (Å²) in [7, 11) is 0. The number of amides is 1. The molecule has 1 atom stereocenters. The normalized spacial score (nSPS) is 17.6. The van der Waals surface area contributed by atoms with Crippen LogP contribution in [0.15, 0.2) is 92.4 Å². The van der Waals surface area contributed by atoms with Gasteiger partial charge >= 0.3 is 0 Å². The van der Waals surface area contributed by atoms with E-state index in [0.717, 1.165) is 15.6 Å². The molecule has 0 bridgehead atoms. The third kappa shape index (κ3) is 5.23. The van der Waals surface area contributed by atoms with Crippen molar-refractivity contribution in [3.05, 3.63) is 94.1 Å². The first-order valence-electron chi connectivity index (χ1n) is 9.84. The smallest absolute Gasteiger partial charge is 0.242 e. The van der Waals surface area contributed by atoms with Crippen molar-refractivity contribution in [1.82, 2.24) is 4.90 Å². The van der Waals surface area contributed by atoms with Gasteiger partial charge < -0.3 is 4.42 Å². The molecule has 5 nitrogen and oxygen atoms in total. The summed E-state index contributed by atoms with van der Waals surface area (Å²) in [4.78, 5) is 14.5. The SMILES string of the molecule is C=CCN1C(=O)[C@H](Cc2ccc(Br)cc2)S/C1=N\N=C/c1ccc(-c2ccccc2Cl)o1. The lowest BCUT2D eigenvalue weighted by Crippen LogP contribution is -2.32. The van der Waals surface area contributed by atoms with E-state index in [1.54, 1.807) is 17.0 Å². The third-order valence-electron chi connectivity index (χ3n) is 4.76. The molecule has 1 aliphatic heterocycles. The van der Waals surface area contributed by atoms with Crippen LogP contribution >= 0.6 is 39.3 Å². The Morgan fingerprint density at radius 1 is 1.16 bits per heavy atom. The maximum atomic E-state index is 12.9. The quantitative estimate of drug-likeness (QED) is 0.202. The highest BCUT2D eigenvalue weighted by atomic mass is 79.9. The minimum Gasteiger partial charge on any atom is -0.455 e. The first kappa shape index (κ1) is 22.6. The largest absolute Gasteiger partial charge is 0.455 e. The predicted molar refractivity (Wildman–Crippen MR) is 135 cm³/mol. The van der Waals surface area contributed by atoms with Crippen molar-refractivity contribution in [3.63, 3.8) is 0 Å². The maximum Gasteiger partial charge on any atom is 0.242 e. The van der Waals surface area contributed by atoms with E-state index in [0.29, 0.717) is 34.7 Å². The van der Waals surface area contributed by atoms with Crippen LogP contribution in [0.25, 0.3) is 11.3 Å². The van der Waals surface area contributed by atoms with Crippen molar-refractivity contribution in [2.75, 3.05) is 6.54 Å². The van der Waals surface area contributed by atoms with Crippen LogP contribution in [0.2, 0.25) is 5.02 Å². The fraction of sp³-hybridized carbons (Fsp3) is 0.125. The minimum absolute atomic E-state index is 0.00535. The Bertz CT molecular complexity index is 1190. The van der Waals surface area contributed by atoms with Crippen LogP contribution in [0, 0.1) is 0 Å². The van der Waals surface area contributed by atoms with Crippen molar-refractivity contribution in [2.45, 2.75) is 11.7 Å². The molecule has 32 heavy (non-hydrogen) atoms. The molecule has 0 aliphatic carbocycles. The summed E-state index contributed by atoms with van der Waals surface area (Å²) in [6, 6.07) is 19.1. The van der Waals surface area contributed by atoms with Crippen LogP contribution < -0.4 is 0 Å². The number of carbonyl (C=O) groups excluding carboxylic acids is 1. The highest BCUT2D eigenvalue weighted by Gasteiger charge is 2.37. The Morgan fingerprint density at radius 2 is 1.94 bits per heavy atom. The molecule has 3 aromatic rings. The molecule has 2 heterocycles. The zero-order valence-electron chi connectivity index (χ0n) is 16.9. The zero-order chi connectivity index (χ0) is 22.5. The van der Waals surface area contributed by atoms with Crippen LogP contribution in [0.1, 0.15) is 11.3 Å². The molecule has 0 saturated carbocycles. The molecule has 1 saturated heterocycles. The molecule has 0 radical (unpaired) electrons. The zero-order valence-corrected chi connectivity index (χ0v) is 20.1. The fourth-order valence-corrected chi connectivity index (χ4v) is 4.85. The van der Waals surface area contributed by atoms with Crippen LogP contribution in [0.3, 0.4) is 0 Å². The van der Waals surface area contributed by atoms with Crippen molar-refractivity contribution in [3.8, 4) is 11.3 Å². The van der Waals surface area contributed by atoms with Crippen molar-refractivity contribution in [1.29, 1.82) is 0 Å². The molecule has 0 unspecified atom stereocenters. The van der Waals surface area contributed by atoms with Crippen molar-refractivity contribution >= 4 is 56.6 Å². The number of nitrogens with zero attached hydrogens (tertiary/aromatic N) is 3. The Kier molecular flexibility index (Phi) is 7.29. The Hall–Kier alpha value is -2.61. The van der Waals surface area contributed by atoms with E-state index in [9.17, 15) is 4.79 Å². The highest BCUT2D eigenvalue weighted by Crippen LogP contribution is 2.31. The average Bonchev–Trinajstić information content (AvgIpc) is 3.36. The second-order valence-electron chi connectivity index (χ2n) is 6.98. The van der Waals surface area contributed by atoms with Gasteiger partial charge in [-0.15, -0.1) is 11.7 Å². The van der Waals surface area contributed by atoms with Gasteiger partial charge in [0.1, 0.15) is 11.5 Å². The Labute approximate surface area is 204 Å². The van der Waals surface area contributed by atoms with Crippen molar-refractivity contribution < 1.29 is 9.21 Å². The molecule has 0 N–H and O–H groups in total. The van der Waals surface area contributed by atoms with E-state index in [4.69, 9.17) is 16.0 Å². The summed E-state index contributed by atoms with van der Waals surface area (Å²) in [5.74, 6) is 1.20. The Morgan fingerprint density at radius 3 is 2.69 bits per heavy atom. The van der Waals surface area contributed by atoms with Gasteiger partial charge in [-0.2, -0.15) is 5.10 Å². The molecule has 0 spiro atoms. The molecule has 162 valence electrons. The van der Waals surface area contributed by atoms with Gasteiger partial charge in [0.25, 0.3) is 0 Å². The summed E-state index contributed by atoms with van der Waals surface area (Å²) in [5, 5.41) is 9.35. The monoisotopic (exact) mass is 527 g/mol. The van der Waals surface area contributed by atoms with E-state index in [1.807, 2.05) is 54.6 Å². The molecule has 4 rings (SSSR count). The summed E-state index contributed by atoms with van der Waals surface area (Å²) >= 11 is 11.1. The second kappa shape index (κ2) is 10.3. The molecular formula is C24H19BrClN3O2S. The van der Waals surface area contributed by atoms with Gasteiger partial charge in [0, 0.05) is 16.6 Å². The molecule has 1 fully saturated rings. The van der Waals surface area contributed by atoms with Gasteiger partial charge in [-0.3, -0.25) is 9.69 Å². The van der Waals surface area contributed by atoms with E-state index < -0.39 is 0 Å².